The fraction of sp³-hybridized carbons (Fsp3) is 0.273. The molecular weight excluding hydrogens is 497 g/mol. The Bertz CT molecular complexity index is 1070. The van der Waals surface area contributed by atoms with Crippen LogP contribution in [0.3, 0.4) is 0 Å². The molecule has 0 heterocycles. The highest BCUT2D eigenvalue weighted by molar-refractivity contribution is 6.31. The normalized spacial score (nSPS) is 11.9. The number of carboxylic acids is 1. The molecule has 0 bridgehead atoms. The second kappa shape index (κ2) is 13.5. The SMILES string of the molecule is CC(C(=O)O)C(=O)Nc1ccc(Cl)c(F)c1.CCOC(=O)C(C)C(=O)Nc1ccc(Cl)c(F)c1. The molecule has 8 nitrogen and oxygen atoms in total. The van der Waals surface area contributed by atoms with Gasteiger partial charge in [0.15, 0.2) is 0 Å². The Labute approximate surface area is 204 Å². The van der Waals surface area contributed by atoms with Gasteiger partial charge in [-0.3, -0.25) is 19.2 Å². The van der Waals surface area contributed by atoms with E-state index in [2.05, 4.69) is 10.6 Å². The van der Waals surface area contributed by atoms with Crippen molar-refractivity contribution in [3.8, 4) is 0 Å². The number of esters is 1. The van der Waals surface area contributed by atoms with Gasteiger partial charge in [0.25, 0.3) is 0 Å². The fourth-order valence-corrected chi connectivity index (χ4v) is 2.37. The van der Waals surface area contributed by atoms with E-state index in [1.165, 1.54) is 38.1 Å². The number of hydrogen-bond acceptors (Lipinski definition) is 5. The van der Waals surface area contributed by atoms with Crippen LogP contribution in [0.4, 0.5) is 20.2 Å². The van der Waals surface area contributed by atoms with Gasteiger partial charge < -0.3 is 20.5 Å². The van der Waals surface area contributed by atoms with Crippen LogP contribution in [-0.4, -0.2) is 35.5 Å². The molecule has 2 amide bonds. The summed E-state index contributed by atoms with van der Waals surface area (Å²) >= 11 is 11.0. The van der Waals surface area contributed by atoms with Crippen LogP contribution in [0.5, 0.6) is 0 Å². The number of aliphatic carboxylic acids is 1. The molecule has 2 aromatic carbocycles. The first kappa shape index (κ1) is 28.8. The van der Waals surface area contributed by atoms with Crippen LogP contribution in [0.1, 0.15) is 20.8 Å². The quantitative estimate of drug-likeness (QED) is 0.359. The van der Waals surface area contributed by atoms with E-state index >= 15 is 0 Å². The molecule has 0 radical (unpaired) electrons. The van der Waals surface area contributed by atoms with E-state index in [4.69, 9.17) is 33.0 Å². The second-order valence-corrected chi connectivity index (χ2v) is 7.58. The number of halogens is 4. The van der Waals surface area contributed by atoms with Crippen molar-refractivity contribution >= 4 is 58.3 Å². The highest BCUT2D eigenvalue weighted by atomic mass is 35.5. The first-order valence-corrected chi connectivity index (χ1v) is 10.5. The third kappa shape index (κ3) is 8.95. The van der Waals surface area contributed by atoms with Gasteiger partial charge in [0.05, 0.1) is 16.7 Å². The van der Waals surface area contributed by atoms with E-state index in [1.807, 2.05) is 0 Å². The molecule has 0 saturated carbocycles. The number of ether oxygens (including phenoxy) is 1. The Morgan fingerprint density at radius 2 is 1.29 bits per heavy atom. The molecule has 184 valence electrons. The highest BCUT2D eigenvalue weighted by Crippen LogP contribution is 2.20. The molecule has 2 unspecified atom stereocenters. The lowest BCUT2D eigenvalue weighted by atomic mass is 10.1. The van der Waals surface area contributed by atoms with Crippen LogP contribution in [0.25, 0.3) is 0 Å². The average Bonchev–Trinajstić information content (AvgIpc) is 2.78. The van der Waals surface area contributed by atoms with E-state index in [-0.39, 0.29) is 28.0 Å². The minimum absolute atomic E-state index is 0.0357. The van der Waals surface area contributed by atoms with Gasteiger partial charge in [0.1, 0.15) is 23.5 Å². The number of nitrogens with one attached hydrogen (secondary N) is 2. The van der Waals surface area contributed by atoms with E-state index in [0.29, 0.717) is 0 Å². The first-order chi connectivity index (χ1) is 15.9. The monoisotopic (exact) mass is 518 g/mol. The largest absolute Gasteiger partial charge is 0.481 e. The summed E-state index contributed by atoms with van der Waals surface area (Å²) in [5.74, 6) is -6.61. The summed E-state index contributed by atoms with van der Waals surface area (Å²) in [6.07, 6.45) is 0. The molecule has 0 spiro atoms. The van der Waals surface area contributed by atoms with Gasteiger partial charge in [0, 0.05) is 11.4 Å². The summed E-state index contributed by atoms with van der Waals surface area (Å²) in [6, 6.07) is 7.53. The van der Waals surface area contributed by atoms with Crippen LogP contribution in [0.2, 0.25) is 10.0 Å². The number of amides is 2. The third-order valence-corrected chi connectivity index (χ3v) is 4.78. The minimum Gasteiger partial charge on any atom is -0.481 e. The second-order valence-electron chi connectivity index (χ2n) is 6.77. The minimum atomic E-state index is -1.24. The standard InChI is InChI=1S/C12H13ClFNO3.C10H9ClFNO3/c1-3-18-12(17)7(2)11(16)15-8-4-5-9(13)10(14)6-8;1-5(10(15)16)9(14)13-6-2-3-7(11)8(12)4-6/h4-7H,3H2,1-2H3,(H,15,16);2-5H,1H3,(H,13,14)(H,15,16). The Hall–Kier alpha value is -3.24. The zero-order valence-corrected chi connectivity index (χ0v) is 19.8. The predicted octanol–water partition coefficient (Wildman–Crippen LogP) is 4.76. The van der Waals surface area contributed by atoms with Crippen LogP contribution < -0.4 is 10.6 Å². The number of hydrogen-bond donors (Lipinski definition) is 3. The van der Waals surface area contributed by atoms with Crippen molar-refractivity contribution in [2.45, 2.75) is 20.8 Å². The zero-order chi connectivity index (χ0) is 26.0. The number of rotatable bonds is 7. The lowest BCUT2D eigenvalue weighted by molar-refractivity contribution is -0.150. The van der Waals surface area contributed by atoms with Crippen molar-refractivity contribution in [1.29, 1.82) is 0 Å². The van der Waals surface area contributed by atoms with E-state index in [9.17, 15) is 28.0 Å². The summed E-state index contributed by atoms with van der Waals surface area (Å²) in [5, 5.41) is 13.2. The molecule has 0 fully saturated rings. The van der Waals surface area contributed by atoms with E-state index < -0.39 is 47.2 Å². The summed E-state index contributed by atoms with van der Waals surface area (Å²) in [7, 11) is 0. The molecule has 0 aliphatic rings. The van der Waals surface area contributed by atoms with E-state index in [0.717, 1.165) is 12.1 Å². The van der Waals surface area contributed by atoms with Crippen LogP contribution in [-0.2, 0) is 23.9 Å². The van der Waals surface area contributed by atoms with Gasteiger partial charge in [-0.2, -0.15) is 0 Å². The molecule has 12 heteroatoms. The Morgan fingerprint density at radius 3 is 1.65 bits per heavy atom. The van der Waals surface area contributed by atoms with Crippen molar-refractivity contribution in [2.75, 3.05) is 17.2 Å². The topological polar surface area (TPSA) is 122 Å². The van der Waals surface area contributed by atoms with Gasteiger partial charge in [-0.05, 0) is 57.2 Å². The summed E-state index contributed by atoms with van der Waals surface area (Å²) in [6.45, 7) is 4.51. The number of anilines is 2. The summed E-state index contributed by atoms with van der Waals surface area (Å²) in [4.78, 5) is 44.8. The molecule has 0 aliphatic heterocycles. The average molecular weight is 519 g/mol. The van der Waals surface area contributed by atoms with Crippen molar-refractivity contribution in [3.05, 3.63) is 58.1 Å². The van der Waals surface area contributed by atoms with Crippen molar-refractivity contribution < 1.29 is 37.8 Å². The molecule has 3 N–H and O–H groups in total. The van der Waals surface area contributed by atoms with Crippen LogP contribution in [0, 0.1) is 23.5 Å². The third-order valence-electron chi connectivity index (χ3n) is 4.17. The molecular formula is C22H22Cl2F2N2O6. The lowest BCUT2D eigenvalue weighted by Crippen LogP contribution is -2.28. The van der Waals surface area contributed by atoms with Crippen molar-refractivity contribution in [1.82, 2.24) is 0 Å². The molecule has 0 aromatic heterocycles. The van der Waals surface area contributed by atoms with Gasteiger partial charge in [0.2, 0.25) is 11.8 Å². The van der Waals surface area contributed by atoms with Gasteiger partial charge in [-0.1, -0.05) is 23.2 Å². The maximum atomic E-state index is 13.1. The number of carboxylic acid groups (broad SMARTS) is 1. The zero-order valence-electron chi connectivity index (χ0n) is 18.3. The number of carbonyl (C=O) groups excluding carboxylic acids is 3. The molecule has 34 heavy (non-hydrogen) atoms. The molecule has 2 atom stereocenters. The summed E-state index contributed by atoms with van der Waals surface area (Å²) < 4.78 is 30.8. The van der Waals surface area contributed by atoms with Gasteiger partial charge in [-0.25, -0.2) is 8.78 Å². The fourth-order valence-electron chi connectivity index (χ4n) is 2.14. The first-order valence-electron chi connectivity index (χ1n) is 9.78. The molecule has 2 aromatic rings. The number of carbonyl (C=O) groups is 4. The van der Waals surface area contributed by atoms with Gasteiger partial charge in [-0.15, -0.1) is 0 Å². The van der Waals surface area contributed by atoms with Crippen LogP contribution >= 0.6 is 23.2 Å². The maximum Gasteiger partial charge on any atom is 0.318 e. The van der Waals surface area contributed by atoms with E-state index in [1.54, 1.807) is 6.92 Å². The predicted molar refractivity (Wildman–Crippen MR) is 123 cm³/mol. The smallest absolute Gasteiger partial charge is 0.318 e. The Morgan fingerprint density at radius 1 is 0.882 bits per heavy atom. The maximum absolute atomic E-state index is 13.1. The van der Waals surface area contributed by atoms with Gasteiger partial charge >= 0.3 is 11.9 Å². The molecule has 0 aliphatic carbocycles. The lowest BCUT2D eigenvalue weighted by Gasteiger charge is -2.11. The Balaban J connectivity index is 0.000000342. The highest BCUT2D eigenvalue weighted by Gasteiger charge is 2.23. The van der Waals surface area contributed by atoms with Crippen LogP contribution in [0.15, 0.2) is 36.4 Å². The van der Waals surface area contributed by atoms with Crippen molar-refractivity contribution in [3.63, 3.8) is 0 Å². The molecule has 0 saturated heterocycles. The number of benzene rings is 2. The molecule has 2 rings (SSSR count). The summed E-state index contributed by atoms with van der Waals surface area (Å²) in [5.41, 5.74) is 0.401. The van der Waals surface area contributed by atoms with Crippen molar-refractivity contribution in [2.24, 2.45) is 11.8 Å². The Kier molecular flexibility index (Phi) is 11.4.